The van der Waals surface area contributed by atoms with E-state index in [2.05, 4.69) is 9.88 Å². The Hall–Kier alpha value is -1.98. The predicted octanol–water partition coefficient (Wildman–Crippen LogP) is 4.00. The zero-order valence-electron chi connectivity index (χ0n) is 14.1. The van der Waals surface area contributed by atoms with Crippen LogP contribution in [-0.4, -0.2) is 39.9 Å². The minimum Gasteiger partial charge on any atom is -0.303 e. The lowest BCUT2D eigenvalue weighted by Gasteiger charge is -2.44. The highest BCUT2D eigenvalue weighted by Crippen LogP contribution is 2.35. The third-order valence-corrected chi connectivity index (χ3v) is 6.80. The van der Waals surface area contributed by atoms with Gasteiger partial charge in [-0.15, -0.1) is 0 Å². The van der Waals surface area contributed by atoms with E-state index >= 15 is 0 Å². The molecule has 1 atom stereocenters. The van der Waals surface area contributed by atoms with Gasteiger partial charge in [0.05, 0.1) is 10.2 Å². The Morgan fingerprint density at radius 3 is 2.72 bits per heavy atom. The molecule has 3 saturated heterocycles. The molecule has 4 nitrogen and oxygen atoms in total. The monoisotopic (exact) mass is 351 g/mol. The minimum atomic E-state index is 0.288. The van der Waals surface area contributed by atoms with Crippen LogP contribution in [-0.2, 0) is 0 Å². The second-order valence-corrected chi connectivity index (χ2v) is 8.30. The molecule has 2 aromatic heterocycles. The second-order valence-electron chi connectivity index (χ2n) is 7.29. The normalized spacial score (nSPS) is 25.5. The molecule has 0 aliphatic carbocycles. The molecular formula is C20H21N3OS. The van der Waals surface area contributed by atoms with Crippen molar-refractivity contribution in [2.45, 2.75) is 19.3 Å². The van der Waals surface area contributed by atoms with Crippen LogP contribution < -0.4 is 0 Å². The van der Waals surface area contributed by atoms with Gasteiger partial charge in [-0.1, -0.05) is 11.3 Å². The summed E-state index contributed by atoms with van der Waals surface area (Å²) in [6.07, 6.45) is 7.22. The lowest BCUT2D eigenvalue weighted by molar-refractivity contribution is 0.0441. The fraction of sp³-hybridized carbons (Fsp3) is 0.400. The van der Waals surface area contributed by atoms with Gasteiger partial charge in [0, 0.05) is 30.9 Å². The molecular weight excluding hydrogens is 330 g/mol. The molecule has 0 amide bonds. The van der Waals surface area contributed by atoms with Gasteiger partial charge in [0.1, 0.15) is 0 Å². The SMILES string of the molecule is O=C(C[C@H]1CN2CCC1CC2)c1ccc2nc(-n3cccc3)sc2c1. The Labute approximate surface area is 151 Å². The van der Waals surface area contributed by atoms with Crippen molar-refractivity contribution in [3.63, 3.8) is 0 Å². The van der Waals surface area contributed by atoms with Gasteiger partial charge >= 0.3 is 0 Å². The van der Waals surface area contributed by atoms with E-state index in [1.807, 2.05) is 47.3 Å². The van der Waals surface area contributed by atoms with E-state index in [1.54, 1.807) is 11.3 Å². The third-order valence-electron chi connectivity index (χ3n) is 5.76. The van der Waals surface area contributed by atoms with Gasteiger partial charge in [0.15, 0.2) is 10.9 Å². The number of aromatic nitrogens is 2. The lowest BCUT2D eigenvalue weighted by Crippen LogP contribution is -2.47. The molecule has 3 aliphatic heterocycles. The topological polar surface area (TPSA) is 38.1 Å². The highest BCUT2D eigenvalue weighted by atomic mass is 32.1. The number of fused-ring (bicyclic) bond motifs is 4. The molecule has 0 unspecified atom stereocenters. The number of rotatable bonds is 4. The maximum absolute atomic E-state index is 12.8. The minimum absolute atomic E-state index is 0.288. The number of Topliss-reactive ketones (excluding diaryl/α,β-unsaturated/α-hetero) is 1. The number of carbonyl (C=O) groups is 1. The van der Waals surface area contributed by atoms with Gasteiger partial charge in [0.25, 0.3) is 0 Å². The first kappa shape index (κ1) is 15.3. The number of hydrogen-bond donors (Lipinski definition) is 0. The molecule has 5 heterocycles. The van der Waals surface area contributed by atoms with Crippen LogP contribution in [0, 0.1) is 11.8 Å². The van der Waals surface area contributed by atoms with Crippen LogP contribution in [0.1, 0.15) is 29.6 Å². The highest BCUT2D eigenvalue weighted by Gasteiger charge is 2.35. The summed E-state index contributed by atoms with van der Waals surface area (Å²) in [4.78, 5) is 20.0. The average Bonchev–Trinajstić information content (AvgIpc) is 3.31. The summed E-state index contributed by atoms with van der Waals surface area (Å²) in [7, 11) is 0. The van der Waals surface area contributed by atoms with Crippen LogP contribution in [0.15, 0.2) is 42.7 Å². The zero-order chi connectivity index (χ0) is 16.8. The first-order valence-corrected chi connectivity index (χ1v) is 9.87. The number of hydrogen-bond acceptors (Lipinski definition) is 4. The van der Waals surface area contributed by atoms with Crippen LogP contribution in [0.25, 0.3) is 15.3 Å². The number of nitrogens with zero attached hydrogens (tertiary/aromatic N) is 3. The summed E-state index contributed by atoms with van der Waals surface area (Å²) < 4.78 is 3.10. The summed E-state index contributed by atoms with van der Waals surface area (Å²) in [5.41, 5.74) is 1.81. The van der Waals surface area contributed by atoms with E-state index in [-0.39, 0.29) is 5.78 Å². The van der Waals surface area contributed by atoms with Crippen molar-refractivity contribution in [3.8, 4) is 5.13 Å². The van der Waals surface area contributed by atoms with Gasteiger partial charge < -0.3 is 9.47 Å². The standard InChI is InChI=1S/C20H21N3OS/c24-18(11-16-13-22-9-5-14(16)6-10-22)15-3-4-17-19(12-15)25-20(21-17)23-7-1-2-8-23/h1-4,7-8,12,14,16H,5-6,9-11,13H2/t16-/m0/s1. The molecule has 0 spiro atoms. The van der Waals surface area contributed by atoms with E-state index in [1.165, 1.54) is 25.9 Å². The van der Waals surface area contributed by atoms with Crippen LogP contribution in [0.5, 0.6) is 0 Å². The Bertz CT molecular complexity index is 906. The van der Waals surface area contributed by atoms with E-state index in [0.717, 1.165) is 33.4 Å². The largest absolute Gasteiger partial charge is 0.303 e. The lowest BCUT2D eigenvalue weighted by atomic mass is 9.76. The molecule has 3 aliphatic rings. The molecule has 5 heteroatoms. The van der Waals surface area contributed by atoms with Gasteiger partial charge in [-0.3, -0.25) is 4.79 Å². The maximum atomic E-state index is 12.8. The zero-order valence-corrected chi connectivity index (χ0v) is 14.9. The third kappa shape index (κ3) is 2.81. The van der Waals surface area contributed by atoms with Crippen molar-refractivity contribution < 1.29 is 4.79 Å². The predicted molar refractivity (Wildman–Crippen MR) is 101 cm³/mol. The Balaban J connectivity index is 1.38. The smallest absolute Gasteiger partial charge is 0.194 e. The molecule has 2 bridgehead atoms. The Morgan fingerprint density at radius 2 is 2.00 bits per heavy atom. The summed E-state index contributed by atoms with van der Waals surface area (Å²) in [6, 6.07) is 9.96. The molecule has 25 heavy (non-hydrogen) atoms. The number of ketones is 1. The second kappa shape index (κ2) is 6.07. The van der Waals surface area contributed by atoms with E-state index in [9.17, 15) is 4.79 Å². The maximum Gasteiger partial charge on any atom is 0.194 e. The summed E-state index contributed by atoms with van der Waals surface area (Å²) >= 11 is 1.64. The summed E-state index contributed by atoms with van der Waals surface area (Å²) in [5, 5.41) is 0.946. The molecule has 3 aromatic rings. The molecule has 128 valence electrons. The van der Waals surface area contributed by atoms with Crippen LogP contribution in [0.2, 0.25) is 0 Å². The van der Waals surface area contributed by atoms with Gasteiger partial charge in [0.2, 0.25) is 0 Å². The van der Waals surface area contributed by atoms with Crippen molar-refractivity contribution in [1.29, 1.82) is 0 Å². The average molecular weight is 351 g/mol. The van der Waals surface area contributed by atoms with Crippen molar-refractivity contribution >= 4 is 27.3 Å². The van der Waals surface area contributed by atoms with E-state index in [4.69, 9.17) is 0 Å². The number of piperidine rings is 3. The van der Waals surface area contributed by atoms with E-state index in [0.29, 0.717) is 12.3 Å². The fourth-order valence-corrected chi connectivity index (χ4v) is 5.31. The van der Waals surface area contributed by atoms with Crippen LogP contribution in [0.4, 0.5) is 0 Å². The Kier molecular flexibility index (Phi) is 3.71. The summed E-state index contributed by atoms with van der Waals surface area (Å²) in [6.45, 7) is 3.56. The molecule has 1 aromatic carbocycles. The summed E-state index contributed by atoms with van der Waals surface area (Å²) in [5.74, 6) is 1.58. The fourth-order valence-electron chi connectivity index (χ4n) is 4.33. The number of benzene rings is 1. The van der Waals surface area contributed by atoms with Crippen molar-refractivity contribution in [3.05, 3.63) is 48.3 Å². The number of carbonyl (C=O) groups excluding carboxylic acids is 1. The van der Waals surface area contributed by atoms with Crippen LogP contribution >= 0.6 is 11.3 Å². The quantitative estimate of drug-likeness (QED) is 0.667. The molecule has 0 N–H and O–H groups in total. The first-order valence-electron chi connectivity index (χ1n) is 9.06. The van der Waals surface area contributed by atoms with Crippen LogP contribution in [0.3, 0.4) is 0 Å². The molecule has 0 saturated carbocycles. The van der Waals surface area contributed by atoms with Gasteiger partial charge in [-0.25, -0.2) is 4.98 Å². The first-order chi connectivity index (χ1) is 12.3. The van der Waals surface area contributed by atoms with Gasteiger partial charge in [-0.05, 0) is 68.1 Å². The van der Waals surface area contributed by atoms with Gasteiger partial charge in [-0.2, -0.15) is 0 Å². The van der Waals surface area contributed by atoms with E-state index < -0.39 is 0 Å². The van der Waals surface area contributed by atoms with Crippen molar-refractivity contribution in [2.24, 2.45) is 11.8 Å². The molecule has 0 radical (unpaired) electrons. The molecule has 3 fully saturated rings. The van der Waals surface area contributed by atoms with Crippen molar-refractivity contribution in [1.82, 2.24) is 14.5 Å². The molecule has 6 rings (SSSR count). The number of thiazole rings is 1. The van der Waals surface area contributed by atoms with Crippen molar-refractivity contribution in [2.75, 3.05) is 19.6 Å². The highest BCUT2D eigenvalue weighted by molar-refractivity contribution is 7.20. The Morgan fingerprint density at radius 1 is 1.20 bits per heavy atom.